The molecule has 0 radical (unpaired) electrons. The summed E-state index contributed by atoms with van der Waals surface area (Å²) in [5.41, 5.74) is -2.56. The number of carboxylic acids is 1. The van der Waals surface area contributed by atoms with Gasteiger partial charge in [-0.2, -0.15) is 26.3 Å². The fraction of sp³-hybridized carbons (Fsp3) is 0.486. The highest BCUT2D eigenvalue weighted by molar-refractivity contribution is 7.10. The lowest BCUT2D eigenvalue weighted by molar-refractivity contribution is -0.163. The second-order valence-corrected chi connectivity index (χ2v) is 14.1. The molecule has 51 heavy (non-hydrogen) atoms. The van der Waals surface area contributed by atoms with E-state index < -0.39 is 64.0 Å². The van der Waals surface area contributed by atoms with Crippen molar-refractivity contribution >= 4 is 40.7 Å². The predicted octanol–water partition coefficient (Wildman–Crippen LogP) is 8.66. The molecule has 3 aromatic rings. The van der Waals surface area contributed by atoms with E-state index in [1.54, 1.807) is 18.2 Å². The lowest BCUT2D eigenvalue weighted by Gasteiger charge is -2.51. The second kappa shape index (κ2) is 15.4. The lowest BCUT2D eigenvalue weighted by atomic mass is 9.78. The molecular formula is C35H36ClF6N3O5S. The Hall–Kier alpha value is -3.85. The molecule has 8 nitrogen and oxygen atoms in total. The third-order valence-electron chi connectivity index (χ3n) is 9.38. The van der Waals surface area contributed by atoms with Crippen LogP contribution in [0.4, 0.5) is 26.3 Å². The Bertz CT molecular complexity index is 1750. The molecule has 0 spiro atoms. The Kier molecular flexibility index (Phi) is 11.6. The molecule has 16 heteroatoms. The van der Waals surface area contributed by atoms with E-state index in [2.05, 4.69) is 4.98 Å². The molecule has 1 aromatic carbocycles. The van der Waals surface area contributed by atoms with E-state index in [1.165, 1.54) is 4.90 Å². The summed E-state index contributed by atoms with van der Waals surface area (Å²) in [6, 6.07) is 5.95. The molecule has 2 aliphatic heterocycles. The maximum absolute atomic E-state index is 15.3. The predicted molar refractivity (Wildman–Crippen MR) is 176 cm³/mol. The highest BCUT2D eigenvalue weighted by Crippen LogP contribution is 2.44. The minimum absolute atomic E-state index is 0.0263. The molecule has 3 atom stereocenters. The van der Waals surface area contributed by atoms with Crippen molar-refractivity contribution in [3.05, 3.63) is 80.3 Å². The normalized spacial score (nSPS) is 20.9. The molecule has 1 N–H and O–H groups in total. The number of carbonyl (C=O) groups is 3. The fourth-order valence-electron chi connectivity index (χ4n) is 7.04. The Balaban J connectivity index is 1.64. The average Bonchev–Trinajstić information content (AvgIpc) is 3.55. The van der Waals surface area contributed by atoms with Crippen molar-refractivity contribution in [3.63, 3.8) is 0 Å². The van der Waals surface area contributed by atoms with Gasteiger partial charge in [0.05, 0.1) is 11.6 Å². The van der Waals surface area contributed by atoms with Crippen molar-refractivity contribution in [1.82, 2.24) is 14.8 Å². The number of hydrogen-bond acceptors (Lipinski definition) is 6. The van der Waals surface area contributed by atoms with Gasteiger partial charge >= 0.3 is 18.3 Å². The van der Waals surface area contributed by atoms with Gasteiger partial charge in [0.15, 0.2) is 0 Å². The summed E-state index contributed by atoms with van der Waals surface area (Å²) in [6.45, 7) is 1.82. The number of fused-ring (bicyclic) bond motifs is 1. The van der Waals surface area contributed by atoms with Gasteiger partial charge in [-0.15, -0.1) is 11.3 Å². The quantitative estimate of drug-likeness (QED) is 0.197. The van der Waals surface area contributed by atoms with Crippen molar-refractivity contribution < 1.29 is 50.6 Å². The van der Waals surface area contributed by atoms with Gasteiger partial charge in [0.1, 0.15) is 16.3 Å². The van der Waals surface area contributed by atoms with Crippen LogP contribution in [-0.4, -0.2) is 61.9 Å². The first-order valence-corrected chi connectivity index (χ1v) is 17.8. The highest BCUT2D eigenvalue weighted by Gasteiger charge is 2.57. The van der Waals surface area contributed by atoms with Crippen LogP contribution in [0.5, 0.6) is 5.75 Å². The molecule has 1 fully saturated rings. The van der Waals surface area contributed by atoms with Crippen molar-refractivity contribution in [3.8, 4) is 5.75 Å². The summed E-state index contributed by atoms with van der Waals surface area (Å²) in [6.07, 6.45) is -6.92. The van der Waals surface area contributed by atoms with Crippen molar-refractivity contribution in [2.75, 3.05) is 6.54 Å². The molecule has 4 heterocycles. The van der Waals surface area contributed by atoms with Crippen molar-refractivity contribution in [2.24, 2.45) is 0 Å². The maximum atomic E-state index is 15.3. The van der Waals surface area contributed by atoms with Crippen LogP contribution in [0.1, 0.15) is 90.3 Å². The number of amides is 2. The fourth-order valence-corrected chi connectivity index (χ4v) is 7.91. The average molecular weight is 760 g/mol. The van der Waals surface area contributed by atoms with Crippen LogP contribution in [0.3, 0.4) is 0 Å². The van der Waals surface area contributed by atoms with Crippen molar-refractivity contribution in [1.29, 1.82) is 0 Å². The number of carbonyl (C=O) groups excluding carboxylic acids is 2. The molecule has 2 aromatic heterocycles. The van der Waals surface area contributed by atoms with E-state index >= 15 is 4.79 Å². The molecule has 2 amide bonds. The number of aliphatic carboxylic acids is 1. The molecule has 0 unspecified atom stereocenters. The molecule has 276 valence electrons. The zero-order valence-electron chi connectivity index (χ0n) is 27.5. The monoisotopic (exact) mass is 759 g/mol. The molecule has 1 saturated heterocycles. The SMILES string of the molecule is CCCC[C@H]1N(C(=O)c2ncccc2C(F)(F)F)CCC[C@@]1(Oc1csc(C(F)(F)F)c1)C(=O)N1Cc2ccc(Cl)cc2C[C@H]1CCCC(=O)O. The van der Waals surface area contributed by atoms with Crippen LogP contribution in [0, 0.1) is 0 Å². The third kappa shape index (κ3) is 8.45. The first-order valence-electron chi connectivity index (χ1n) is 16.5. The van der Waals surface area contributed by atoms with Crippen LogP contribution in [0.15, 0.2) is 48.0 Å². The minimum Gasteiger partial charge on any atom is -0.481 e. The Labute approximate surface area is 299 Å². The highest BCUT2D eigenvalue weighted by atomic mass is 35.5. The van der Waals surface area contributed by atoms with Gasteiger partial charge in [0.25, 0.3) is 11.8 Å². The van der Waals surface area contributed by atoms with Crippen LogP contribution < -0.4 is 4.74 Å². The summed E-state index contributed by atoms with van der Waals surface area (Å²) in [5.74, 6) is -3.03. The van der Waals surface area contributed by atoms with Gasteiger partial charge in [0.2, 0.25) is 5.60 Å². The van der Waals surface area contributed by atoms with Crippen molar-refractivity contribution in [2.45, 2.75) is 101 Å². The van der Waals surface area contributed by atoms with Gasteiger partial charge < -0.3 is 19.6 Å². The topological polar surface area (TPSA) is 100 Å². The number of rotatable bonds is 11. The van der Waals surface area contributed by atoms with Gasteiger partial charge in [-0.1, -0.05) is 37.4 Å². The van der Waals surface area contributed by atoms with Gasteiger partial charge in [-0.3, -0.25) is 19.4 Å². The first kappa shape index (κ1) is 38.4. The number of ether oxygens (including phenoxy) is 1. The molecular weight excluding hydrogens is 724 g/mol. The van der Waals surface area contributed by atoms with E-state index in [0.29, 0.717) is 35.6 Å². The van der Waals surface area contributed by atoms with Crippen LogP contribution in [0.2, 0.25) is 5.02 Å². The zero-order chi connectivity index (χ0) is 37.1. The summed E-state index contributed by atoms with van der Waals surface area (Å²) in [7, 11) is 0. The molecule has 5 rings (SSSR count). The van der Waals surface area contributed by atoms with Gasteiger partial charge in [-0.05, 0) is 67.5 Å². The van der Waals surface area contributed by atoms with Crippen LogP contribution in [0.25, 0.3) is 0 Å². The van der Waals surface area contributed by atoms with Crippen LogP contribution >= 0.6 is 22.9 Å². The second-order valence-electron chi connectivity index (χ2n) is 12.8. The largest absolute Gasteiger partial charge is 0.481 e. The molecule has 0 aliphatic carbocycles. The number of likely N-dealkylation sites (tertiary alicyclic amines) is 1. The Morgan fingerprint density at radius 1 is 1.04 bits per heavy atom. The lowest BCUT2D eigenvalue weighted by Crippen LogP contribution is -2.69. The third-order valence-corrected chi connectivity index (χ3v) is 10.6. The summed E-state index contributed by atoms with van der Waals surface area (Å²) in [5, 5.41) is 10.9. The summed E-state index contributed by atoms with van der Waals surface area (Å²) >= 11 is 6.64. The zero-order valence-corrected chi connectivity index (χ0v) is 29.1. The van der Waals surface area contributed by atoms with Gasteiger partial charge in [-0.25, -0.2) is 0 Å². The first-order chi connectivity index (χ1) is 24.0. The maximum Gasteiger partial charge on any atom is 0.425 e. The number of thiophene rings is 1. The Morgan fingerprint density at radius 2 is 1.80 bits per heavy atom. The van der Waals surface area contributed by atoms with E-state index in [1.807, 2.05) is 6.92 Å². The summed E-state index contributed by atoms with van der Waals surface area (Å²) in [4.78, 5) is 46.3. The summed E-state index contributed by atoms with van der Waals surface area (Å²) < 4.78 is 89.9. The number of halogens is 7. The number of hydrogen-bond donors (Lipinski definition) is 1. The minimum atomic E-state index is -4.92. The number of nitrogens with zero attached hydrogens (tertiary/aromatic N) is 3. The molecule has 0 saturated carbocycles. The number of aromatic nitrogens is 1. The number of carboxylic acid groups (broad SMARTS) is 1. The standard InChI is InChI=1S/C35H36ClF6N3O5S/c1-2-3-9-27-33(50-25-18-28(51-20-25)35(40,41)42,13-6-15-44(27)31(48)30-26(34(37,38)39)8-5-14-43-30)32(49)45-19-21-11-12-23(36)16-22(21)17-24(45)7-4-10-29(46)47/h5,8,11-12,14,16,18,20,24,27H,2-4,6-7,9-10,13,15,17,19H2,1H3,(H,46,47)/t24-,27-,33+/m1/s1. The number of unbranched alkanes of at least 4 members (excludes halogenated alkanes) is 1. The van der Waals surface area contributed by atoms with Crippen LogP contribution in [-0.2, 0) is 34.9 Å². The number of piperidine rings is 1. The van der Waals surface area contributed by atoms with E-state index in [0.717, 1.165) is 45.8 Å². The van der Waals surface area contributed by atoms with E-state index in [-0.39, 0.29) is 57.4 Å². The smallest absolute Gasteiger partial charge is 0.425 e. The number of pyridine rings is 1. The number of alkyl halides is 6. The van der Waals surface area contributed by atoms with E-state index in [4.69, 9.17) is 16.3 Å². The number of benzene rings is 1. The molecule has 2 aliphatic rings. The van der Waals surface area contributed by atoms with Gasteiger partial charge in [0, 0.05) is 54.6 Å². The van der Waals surface area contributed by atoms with E-state index in [9.17, 15) is 41.0 Å². The Morgan fingerprint density at radius 3 is 2.47 bits per heavy atom. The molecule has 0 bridgehead atoms.